The average Bonchev–Trinajstić information content (AvgIpc) is 2.30. The van der Waals surface area contributed by atoms with Crippen LogP contribution in [0, 0.1) is 0 Å². The van der Waals surface area contributed by atoms with E-state index in [1.165, 1.54) is 0 Å². The Labute approximate surface area is 117 Å². The van der Waals surface area contributed by atoms with Crippen LogP contribution in [0.5, 0.6) is 5.75 Å². The lowest BCUT2D eigenvalue weighted by Crippen LogP contribution is -1.98. The van der Waals surface area contributed by atoms with Gasteiger partial charge in [-0.25, -0.2) is 0 Å². The first kappa shape index (κ1) is 15.1. The lowest BCUT2D eigenvalue weighted by atomic mass is 10.1. The molecule has 0 unspecified atom stereocenters. The Hall–Kier alpha value is -0.930. The molecule has 0 fully saturated rings. The van der Waals surface area contributed by atoms with Crippen LogP contribution in [0.2, 0.25) is 10.0 Å². The van der Waals surface area contributed by atoms with Crippen LogP contribution >= 0.6 is 23.2 Å². The van der Waals surface area contributed by atoms with Gasteiger partial charge in [0.2, 0.25) is 0 Å². The Morgan fingerprint density at radius 1 is 1.17 bits per heavy atom. The quantitative estimate of drug-likeness (QED) is 0.722. The molecule has 0 saturated carbocycles. The van der Waals surface area contributed by atoms with Crippen molar-refractivity contribution in [2.75, 3.05) is 6.61 Å². The molecule has 18 heavy (non-hydrogen) atoms. The Bertz CT molecular complexity index is 394. The van der Waals surface area contributed by atoms with Gasteiger partial charge in [-0.3, -0.25) is 4.79 Å². The molecule has 1 aromatic carbocycles. The summed E-state index contributed by atoms with van der Waals surface area (Å²) < 4.78 is 5.51. The number of benzene rings is 1. The van der Waals surface area contributed by atoms with Gasteiger partial charge in [0.1, 0.15) is 5.75 Å². The largest absolute Gasteiger partial charge is 0.492 e. The zero-order valence-electron chi connectivity index (χ0n) is 9.99. The minimum Gasteiger partial charge on any atom is -0.492 e. The second-order valence-electron chi connectivity index (χ2n) is 3.98. The van der Waals surface area contributed by atoms with Crippen LogP contribution in [0.25, 0.3) is 0 Å². The van der Waals surface area contributed by atoms with Crippen LogP contribution in [0.15, 0.2) is 18.2 Å². The number of carbonyl (C=O) groups is 1. The molecule has 0 saturated heterocycles. The monoisotopic (exact) mass is 290 g/mol. The topological polar surface area (TPSA) is 46.5 Å². The van der Waals surface area contributed by atoms with Crippen molar-refractivity contribution in [3.63, 3.8) is 0 Å². The maximum absolute atomic E-state index is 10.3. The van der Waals surface area contributed by atoms with E-state index in [0.29, 0.717) is 22.4 Å². The van der Waals surface area contributed by atoms with E-state index in [0.717, 1.165) is 25.7 Å². The highest BCUT2D eigenvalue weighted by Gasteiger charge is 2.02. The second kappa shape index (κ2) is 8.22. The molecule has 0 heterocycles. The van der Waals surface area contributed by atoms with Crippen molar-refractivity contribution in [3.05, 3.63) is 28.2 Å². The van der Waals surface area contributed by atoms with E-state index in [9.17, 15) is 4.79 Å². The third-order valence-electron chi connectivity index (χ3n) is 2.44. The zero-order valence-corrected chi connectivity index (χ0v) is 11.5. The highest BCUT2D eigenvalue weighted by molar-refractivity contribution is 6.35. The van der Waals surface area contributed by atoms with Gasteiger partial charge in [0.25, 0.3) is 0 Å². The minimum atomic E-state index is -0.737. The van der Waals surface area contributed by atoms with E-state index in [2.05, 4.69) is 0 Å². The summed E-state index contributed by atoms with van der Waals surface area (Å²) in [4.78, 5) is 10.3. The first-order chi connectivity index (χ1) is 8.59. The summed E-state index contributed by atoms with van der Waals surface area (Å²) in [5.41, 5.74) is 0. The van der Waals surface area contributed by atoms with Crippen molar-refractivity contribution < 1.29 is 14.6 Å². The number of carboxylic acids is 1. The number of halogens is 2. The molecule has 0 radical (unpaired) electrons. The maximum Gasteiger partial charge on any atom is 0.303 e. The van der Waals surface area contributed by atoms with Gasteiger partial charge in [0, 0.05) is 11.4 Å². The predicted octanol–water partition coefficient (Wildman–Crippen LogP) is 4.41. The van der Waals surface area contributed by atoms with Gasteiger partial charge in [-0.1, -0.05) is 36.0 Å². The molecule has 0 spiro atoms. The zero-order chi connectivity index (χ0) is 13.4. The molecule has 0 amide bonds. The van der Waals surface area contributed by atoms with E-state index in [1.54, 1.807) is 18.2 Å². The number of hydrogen-bond acceptors (Lipinski definition) is 2. The van der Waals surface area contributed by atoms with Gasteiger partial charge in [-0.05, 0) is 31.0 Å². The summed E-state index contributed by atoms with van der Waals surface area (Å²) >= 11 is 11.7. The number of rotatable bonds is 8. The molecule has 0 aliphatic carbocycles. The van der Waals surface area contributed by atoms with E-state index in [-0.39, 0.29) is 6.42 Å². The number of ether oxygens (including phenoxy) is 1. The molecular weight excluding hydrogens is 275 g/mol. The fraction of sp³-hybridized carbons (Fsp3) is 0.462. The van der Waals surface area contributed by atoms with Crippen LogP contribution in [0.4, 0.5) is 0 Å². The van der Waals surface area contributed by atoms with Crippen LogP contribution in [-0.2, 0) is 4.79 Å². The number of carboxylic acid groups (broad SMARTS) is 1. The molecule has 1 N–H and O–H groups in total. The first-order valence-electron chi connectivity index (χ1n) is 5.89. The molecule has 0 aliphatic heterocycles. The van der Waals surface area contributed by atoms with Crippen LogP contribution in [0.3, 0.4) is 0 Å². The van der Waals surface area contributed by atoms with Crippen molar-refractivity contribution in [2.24, 2.45) is 0 Å². The van der Waals surface area contributed by atoms with Gasteiger partial charge in [0.05, 0.1) is 11.6 Å². The van der Waals surface area contributed by atoms with Gasteiger partial charge in [-0.2, -0.15) is 0 Å². The van der Waals surface area contributed by atoms with Crippen molar-refractivity contribution in [1.82, 2.24) is 0 Å². The molecule has 3 nitrogen and oxygen atoms in total. The average molecular weight is 291 g/mol. The van der Waals surface area contributed by atoms with Crippen LogP contribution < -0.4 is 4.74 Å². The van der Waals surface area contributed by atoms with Gasteiger partial charge in [0.15, 0.2) is 0 Å². The predicted molar refractivity (Wildman–Crippen MR) is 72.7 cm³/mol. The summed E-state index contributed by atoms with van der Waals surface area (Å²) in [6.07, 6.45) is 3.71. The normalized spacial score (nSPS) is 10.3. The molecule has 0 aliphatic rings. The fourth-order valence-corrected chi connectivity index (χ4v) is 1.97. The highest BCUT2D eigenvalue weighted by Crippen LogP contribution is 2.27. The lowest BCUT2D eigenvalue weighted by Gasteiger charge is -2.07. The SMILES string of the molecule is O=C(O)CCCCCCOc1ccc(Cl)cc1Cl. The number of aliphatic carboxylic acids is 1. The summed E-state index contributed by atoms with van der Waals surface area (Å²) in [7, 11) is 0. The maximum atomic E-state index is 10.3. The fourth-order valence-electron chi connectivity index (χ4n) is 1.51. The minimum absolute atomic E-state index is 0.240. The molecule has 0 aromatic heterocycles. The molecule has 5 heteroatoms. The number of hydrogen-bond donors (Lipinski definition) is 1. The van der Waals surface area contributed by atoms with E-state index >= 15 is 0 Å². The summed E-state index contributed by atoms with van der Waals surface area (Å²) in [6, 6.07) is 5.12. The number of unbranched alkanes of at least 4 members (excludes halogenated alkanes) is 3. The molecule has 1 aromatic rings. The highest BCUT2D eigenvalue weighted by atomic mass is 35.5. The van der Waals surface area contributed by atoms with Crippen LogP contribution in [-0.4, -0.2) is 17.7 Å². The summed E-state index contributed by atoms with van der Waals surface area (Å²) in [6.45, 7) is 0.578. The second-order valence-corrected chi connectivity index (χ2v) is 4.82. The standard InChI is InChI=1S/C13H16Cl2O3/c14-10-6-7-12(11(15)9-10)18-8-4-2-1-3-5-13(16)17/h6-7,9H,1-5,8H2,(H,16,17). The van der Waals surface area contributed by atoms with Crippen molar-refractivity contribution in [2.45, 2.75) is 32.1 Å². The van der Waals surface area contributed by atoms with Crippen molar-refractivity contribution in [1.29, 1.82) is 0 Å². The Morgan fingerprint density at radius 3 is 2.56 bits per heavy atom. The first-order valence-corrected chi connectivity index (χ1v) is 6.65. The van der Waals surface area contributed by atoms with Gasteiger partial charge < -0.3 is 9.84 Å². The van der Waals surface area contributed by atoms with Crippen molar-refractivity contribution >= 4 is 29.2 Å². The Balaban J connectivity index is 2.12. The molecular formula is C13H16Cl2O3. The molecule has 0 atom stereocenters. The molecule has 0 bridgehead atoms. The third kappa shape index (κ3) is 6.12. The lowest BCUT2D eigenvalue weighted by molar-refractivity contribution is -0.137. The van der Waals surface area contributed by atoms with Crippen molar-refractivity contribution in [3.8, 4) is 5.75 Å². The Kier molecular flexibility index (Phi) is 6.91. The van der Waals surface area contributed by atoms with Crippen LogP contribution in [0.1, 0.15) is 32.1 Å². The van der Waals surface area contributed by atoms with E-state index in [4.69, 9.17) is 33.0 Å². The van der Waals surface area contributed by atoms with Gasteiger partial charge >= 0.3 is 5.97 Å². The smallest absolute Gasteiger partial charge is 0.303 e. The summed E-state index contributed by atoms with van der Waals surface area (Å²) in [5, 5.41) is 9.56. The molecule has 1 rings (SSSR count). The molecule has 100 valence electrons. The third-order valence-corrected chi connectivity index (χ3v) is 2.97. The van der Waals surface area contributed by atoms with E-state index in [1.807, 2.05) is 0 Å². The Morgan fingerprint density at radius 2 is 1.89 bits per heavy atom. The summed E-state index contributed by atoms with van der Waals surface area (Å²) in [5.74, 6) is -0.106. The van der Waals surface area contributed by atoms with E-state index < -0.39 is 5.97 Å². The van der Waals surface area contributed by atoms with Gasteiger partial charge in [-0.15, -0.1) is 0 Å².